The van der Waals surface area contributed by atoms with Gasteiger partial charge in [0, 0.05) is 18.7 Å². The van der Waals surface area contributed by atoms with Crippen molar-refractivity contribution >= 4 is 0 Å². The molecule has 3 nitrogen and oxygen atoms in total. The minimum absolute atomic E-state index is 0.247. The Kier molecular flexibility index (Phi) is 5.45. The van der Waals surface area contributed by atoms with Gasteiger partial charge in [-0.25, -0.2) is 0 Å². The Morgan fingerprint density at radius 3 is 2.65 bits per heavy atom. The third-order valence-electron chi connectivity index (χ3n) is 2.93. The fraction of sp³-hybridized carbons (Fsp3) is 0.571. The van der Waals surface area contributed by atoms with Gasteiger partial charge in [-0.1, -0.05) is 32.0 Å². The van der Waals surface area contributed by atoms with E-state index >= 15 is 0 Å². The van der Waals surface area contributed by atoms with Gasteiger partial charge in [-0.05, 0) is 24.4 Å². The van der Waals surface area contributed by atoms with Gasteiger partial charge in [0.15, 0.2) is 0 Å². The molecule has 0 aliphatic heterocycles. The summed E-state index contributed by atoms with van der Waals surface area (Å²) in [6, 6.07) is 8.09. The van der Waals surface area contributed by atoms with E-state index in [1.54, 1.807) is 7.11 Å². The zero-order valence-electron chi connectivity index (χ0n) is 11.1. The van der Waals surface area contributed by atoms with E-state index in [1.807, 2.05) is 18.2 Å². The summed E-state index contributed by atoms with van der Waals surface area (Å²) >= 11 is 0. The summed E-state index contributed by atoms with van der Waals surface area (Å²) < 4.78 is 5.32. The highest BCUT2D eigenvalue weighted by Gasteiger charge is 2.16. The maximum atomic E-state index is 5.60. The Hall–Kier alpha value is -1.06. The molecule has 0 heterocycles. The Balaban J connectivity index is 2.45. The van der Waals surface area contributed by atoms with Crippen molar-refractivity contribution in [1.29, 1.82) is 0 Å². The average molecular weight is 236 g/mol. The predicted molar refractivity (Wildman–Crippen MR) is 72.2 cm³/mol. The molecule has 0 atom stereocenters. The van der Waals surface area contributed by atoms with Crippen LogP contribution in [0.2, 0.25) is 0 Å². The van der Waals surface area contributed by atoms with Crippen LogP contribution in [0.15, 0.2) is 24.3 Å². The van der Waals surface area contributed by atoms with Gasteiger partial charge in [-0.3, -0.25) is 0 Å². The molecule has 0 spiro atoms. The first-order valence-corrected chi connectivity index (χ1v) is 6.12. The summed E-state index contributed by atoms with van der Waals surface area (Å²) in [6.45, 7) is 6.99. The average Bonchev–Trinajstić information content (AvgIpc) is 2.29. The van der Waals surface area contributed by atoms with Gasteiger partial charge in [-0.15, -0.1) is 0 Å². The van der Waals surface area contributed by atoms with E-state index in [-0.39, 0.29) is 5.41 Å². The lowest BCUT2D eigenvalue weighted by Crippen LogP contribution is -2.31. The third-order valence-corrected chi connectivity index (χ3v) is 2.93. The van der Waals surface area contributed by atoms with E-state index in [4.69, 9.17) is 10.5 Å². The highest BCUT2D eigenvalue weighted by Crippen LogP contribution is 2.20. The number of rotatable bonds is 7. The van der Waals surface area contributed by atoms with Crippen LogP contribution in [0, 0.1) is 5.41 Å². The Morgan fingerprint density at radius 2 is 2.00 bits per heavy atom. The summed E-state index contributed by atoms with van der Waals surface area (Å²) in [4.78, 5) is 0. The van der Waals surface area contributed by atoms with Gasteiger partial charge in [-0.2, -0.15) is 0 Å². The van der Waals surface area contributed by atoms with Gasteiger partial charge < -0.3 is 15.8 Å². The predicted octanol–water partition coefficient (Wildman–Crippen LogP) is 2.16. The number of ether oxygens (including phenoxy) is 1. The van der Waals surface area contributed by atoms with Crippen molar-refractivity contribution in [1.82, 2.24) is 5.32 Å². The van der Waals surface area contributed by atoms with Crippen LogP contribution in [0.5, 0.6) is 5.75 Å². The molecule has 0 fully saturated rings. The zero-order chi connectivity index (χ0) is 12.7. The van der Waals surface area contributed by atoms with E-state index < -0.39 is 0 Å². The quantitative estimate of drug-likeness (QED) is 0.762. The van der Waals surface area contributed by atoms with Crippen molar-refractivity contribution in [3.63, 3.8) is 0 Å². The number of hydrogen-bond acceptors (Lipinski definition) is 3. The van der Waals surface area contributed by atoms with Crippen molar-refractivity contribution < 1.29 is 4.74 Å². The van der Waals surface area contributed by atoms with Gasteiger partial charge in [0.25, 0.3) is 0 Å². The lowest BCUT2D eigenvalue weighted by molar-refractivity contribution is 0.317. The van der Waals surface area contributed by atoms with Crippen molar-refractivity contribution in [3.8, 4) is 5.75 Å². The fourth-order valence-electron chi connectivity index (χ4n) is 1.86. The molecular weight excluding hydrogens is 212 g/mol. The first-order valence-electron chi connectivity index (χ1n) is 6.12. The van der Waals surface area contributed by atoms with E-state index in [2.05, 4.69) is 25.2 Å². The number of hydrogen-bond donors (Lipinski definition) is 2. The highest BCUT2D eigenvalue weighted by molar-refractivity contribution is 5.32. The molecular formula is C14H24N2O. The van der Waals surface area contributed by atoms with Crippen LogP contribution < -0.4 is 15.8 Å². The first kappa shape index (κ1) is 14.0. The molecule has 0 unspecified atom stereocenters. The maximum Gasteiger partial charge on any atom is 0.123 e. The maximum absolute atomic E-state index is 5.60. The molecule has 0 radical (unpaired) electrons. The van der Waals surface area contributed by atoms with E-state index in [0.29, 0.717) is 0 Å². The number of methoxy groups -OCH3 is 1. The highest BCUT2D eigenvalue weighted by atomic mass is 16.5. The van der Waals surface area contributed by atoms with Crippen LogP contribution in [-0.2, 0) is 6.54 Å². The molecule has 0 amide bonds. The monoisotopic (exact) mass is 236 g/mol. The second-order valence-electron chi connectivity index (χ2n) is 5.12. The van der Waals surface area contributed by atoms with Crippen LogP contribution in [-0.4, -0.2) is 20.2 Å². The second kappa shape index (κ2) is 6.62. The summed E-state index contributed by atoms with van der Waals surface area (Å²) in [5.41, 5.74) is 7.04. The molecule has 0 aromatic heterocycles. The van der Waals surface area contributed by atoms with Crippen LogP contribution in [0.1, 0.15) is 25.8 Å². The zero-order valence-corrected chi connectivity index (χ0v) is 11.1. The number of nitrogens with one attached hydrogen (secondary N) is 1. The van der Waals surface area contributed by atoms with Crippen molar-refractivity contribution in [2.75, 3.05) is 20.2 Å². The molecule has 0 bridgehead atoms. The van der Waals surface area contributed by atoms with E-state index in [9.17, 15) is 0 Å². The molecule has 1 aromatic carbocycles. The molecule has 3 heteroatoms. The third kappa shape index (κ3) is 4.75. The van der Waals surface area contributed by atoms with Crippen LogP contribution in [0.25, 0.3) is 0 Å². The smallest absolute Gasteiger partial charge is 0.123 e. The molecule has 1 rings (SSSR count). The summed E-state index contributed by atoms with van der Waals surface area (Å²) in [5.74, 6) is 0.941. The lowest BCUT2D eigenvalue weighted by atomic mass is 9.89. The molecule has 0 saturated carbocycles. The normalized spacial score (nSPS) is 11.5. The minimum Gasteiger partial charge on any atom is -0.496 e. The van der Waals surface area contributed by atoms with Gasteiger partial charge in [0.05, 0.1) is 7.11 Å². The summed E-state index contributed by atoms with van der Waals surface area (Å²) in [5, 5.41) is 3.47. The minimum atomic E-state index is 0.247. The van der Waals surface area contributed by atoms with Crippen molar-refractivity contribution in [2.45, 2.75) is 26.8 Å². The van der Waals surface area contributed by atoms with Crippen LogP contribution in [0.3, 0.4) is 0 Å². The first-order chi connectivity index (χ1) is 8.09. The molecule has 0 aliphatic carbocycles. The van der Waals surface area contributed by atoms with Gasteiger partial charge in [0.2, 0.25) is 0 Å². The SMILES string of the molecule is COc1ccccc1CNCC(C)(C)CCN. The standard InChI is InChI=1S/C14H24N2O/c1-14(2,8-9-15)11-16-10-12-6-4-5-7-13(12)17-3/h4-7,16H,8-11,15H2,1-3H3. The Bertz CT molecular complexity index is 337. The molecule has 0 aliphatic rings. The summed E-state index contributed by atoms with van der Waals surface area (Å²) in [6.07, 6.45) is 1.03. The topological polar surface area (TPSA) is 47.3 Å². The van der Waals surface area contributed by atoms with Gasteiger partial charge in [0.1, 0.15) is 5.75 Å². The Morgan fingerprint density at radius 1 is 1.29 bits per heavy atom. The molecule has 0 saturated heterocycles. The van der Waals surface area contributed by atoms with Crippen molar-refractivity contribution in [3.05, 3.63) is 29.8 Å². The number of para-hydroxylation sites is 1. The Labute approximate surface area is 104 Å². The molecule has 1 aromatic rings. The van der Waals surface area contributed by atoms with E-state index in [1.165, 1.54) is 5.56 Å². The number of nitrogens with two attached hydrogens (primary N) is 1. The second-order valence-corrected chi connectivity index (χ2v) is 5.12. The summed E-state index contributed by atoms with van der Waals surface area (Å²) in [7, 11) is 1.71. The van der Waals surface area contributed by atoms with Crippen LogP contribution >= 0.6 is 0 Å². The largest absolute Gasteiger partial charge is 0.496 e. The molecule has 17 heavy (non-hydrogen) atoms. The fourth-order valence-corrected chi connectivity index (χ4v) is 1.86. The van der Waals surface area contributed by atoms with Gasteiger partial charge >= 0.3 is 0 Å². The van der Waals surface area contributed by atoms with E-state index in [0.717, 1.165) is 31.8 Å². The van der Waals surface area contributed by atoms with Crippen LogP contribution in [0.4, 0.5) is 0 Å². The number of benzene rings is 1. The molecule has 3 N–H and O–H groups in total. The lowest BCUT2D eigenvalue weighted by Gasteiger charge is -2.24. The van der Waals surface area contributed by atoms with Crippen molar-refractivity contribution in [2.24, 2.45) is 11.1 Å². The molecule has 96 valence electrons.